The Morgan fingerprint density at radius 2 is 1.97 bits per heavy atom. The zero-order valence-electron chi connectivity index (χ0n) is 18.9. The molecule has 1 aromatic heterocycles. The monoisotopic (exact) mass is 469 g/mol. The fourth-order valence-electron chi connectivity index (χ4n) is 3.71. The second kappa shape index (κ2) is 11.3. The van der Waals surface area contributed by atoms with Gasteiger partial charge in [0.25, 0.3) is 0 Å². The van der Waals surface area contributed by atoms with Crippen molar-refractivity contribution >= 4 is 44.4 Å². The largest absolute Gasteiger partial charge is 0.379 e. The number of anilines is 1. The molecule has 0 aliphatic carbocycles. The number of thiazole rings is 1. The molecule has 1 amide bonds. The standard InChI is InChI=1S/C25H31N3O2S2/c1-3-20-6-9-22-23(18-20)32-25(26-22)28(12-11-27-13-15-30-16-14-27)24(29)10-17-31-21-7-4-19(2)5-8-21/h4-9,18H,3,10-17H2,1-2H3. The molecule has 0 spiro atoms. The van der Waals surface area contributed by atoms with Crippen molar-refractivity contribution in [1.82, 2.24) is 9.88 Å². The van der Waals surface area contributed by atoms with Gasteiger partial charge in [-0.15, -0.1) is 11.8 Å². The SMILES string of the molecule is CCc1ccc2nc(N(CCN3CCOCC3)C(=O)CCSc3ccc(C)cc3)sc2c1. The minimum absolute atomic E-state index is 0.146. The number of fused-ring (bicyclic) bond motifs is 1. The van der Waals surface area contributed by atoms with Crippen molar-refractivity contribution in [2.24, 2.45) is 0 Å². The number of hydrogen-bond donors (Lipinski definition) is 0. The quantitative estimate of drug-likeness (QED) is 0.412. The highest BCUT2D eigenvalue weighted by molar-refractivity contribution is 7.99. The molecule has 0 atom stereocenters. The van der Waals surface area contributed by atoms with Gasteiger partial charge in [-0.25, -0.2) is 4.98 Å². The summed E-state index contributed by atoms with van der Waals surface area (Å²) >= 11 is 3.36. The van der Waals surface area contributed by atoms with E-state index in [1.165, 1.54) is 16.0 Å². The van der Waals surface area contributed by atoms with Gasteiger partial charge in [0, 0.05) is 43.2 Å². The van der Waals surface area contributed by atoms with E-state index in [0.717, 1.165) is 60.4 Å². The Balaban J connectivity index is 1.45. The van der Waals surface area contributed by atoms with Crippen LogP contribution >= 0.6 is 23.1 Å². The Kier molecular flexibility index (Phi) is 8.19. The summed E-state index contributed by atoms with van der Waals surface area (Å²) in [5.41, 5.74) is 3.52. The smallest absolute Gasteiger partial charge is 0.229 e. The number of benzene rings is 2. The van der Waals surface area contributed by atoms with Gasteiger partial charge in [-0.05, 0) is 43.2 Å². The number of amides is 1. The van der Waals surface area contributed by atoms with Crippen LogP contribution < -0.4 is 4.90 Å². The first-order chi connectivity index (χ1) is 15.6. The second-order valence-corrected chi connectivity index (χ2v) is 10.2. The number of nitrogens with zero attached hydrogens (tertiary/aromatic N) is 3. The van der Waals surface area contributed by atoms with Gasteiger partial charge in [0.15, 0.2) is 5.13 Å². The lowest BCUT2D eigenvalue weighted by Gasteiger charge is -2.29. The van der Waals surface area contributed by atoms with Crippen LogP contribution in [0.5, 0.6) is 0 Å². The Morgan fingerprint density at radius 3 is 2.72 bits per heavy atom. The molecule has 3 aromatic rings. The summed E-state index contributed by atoms with van der Waals surface area (Å²) in [5.74, 6) is 0.911. The van der Waals surface area contributed by atoms with Crippen molar-refractivity contribution in [1.29, 1.82) is 0 Å². The summed E-state index contributed by atoms with van der Waals surface area (Å²) in [6, 6.07) is 14.9. The summed E-state index contributed by atoms with van der Waals surface area (Å²) in [6.45, 7) is 9.13. The molecule has 1 saturated heterocycles. The fraction of sp³-hybridized carbons (Fsp3) is 0.440. The highest BCUT2D eigenvalue weighted by atomic mass is 32.2. The number of hydrogen-bond acceptors (Lipinski definition) is 6. The number of rotatable bonds is 9. The van der Waals surface area contributed by atoms with E-state index in [1.807, 2.05) is 4.90 Å². The lowest BCUT2D eigenvalue weighted by Crippen LogP contribution is -2.43. The van der Waals surface area contributed by atoms with Crippen molar-refractivity contribution in [2.75, 3.05) is 50.0 Å². The molecule has 170 valence electrons. The summed E-state index contributed by atoms with van der Waals surface area (Å²) < 4.78 is 6.62. The third-order valence-corrected chi connectivity index (χ3v) is 7.79. The summed E-state index contributed by atoms with van der Waals surface area (Å²) in [4.78, 5) is 23.6. The van der Waals surface area contributed by atoms with Crippen molar-refractivity contribution in [2.45, 2.75) is 31.6 Å². The van der Waals surface area contributed by atoms with E-state index in [2.05, 4.69) is 61.2 Å². The van der Waals surface area contributed by atoms with Crippen LogP contribution in [0.25, 0.3) is 10.2 Å². The molecule has 2 heterocycles. The molecule has 7 heteroatoms. The molecular weight excluding hydrogens is 438 g/mol. The lowest BCUT2D eigenvalue weighted by atomic mass is 10.2. The molecule has 0 bridgehead atoms. The Bertz CT molecular complexity index is 1030. The molecule has 32 heavy (non-hydrogen) atoms. The topological polar surface area (TPSA) is 45.7 Å². The Labute approximate surface area is 198 Å². The van der Waals surface area contributed by atoms with Crippen LogP contribution in [-0.4, -0.2) is 60.9 Å². The number of carbonyl (C=O) groups is 1. The molecule has 5 nitrogen and oxygen atoms in total. The van der Waals surface area contributed by atoms with Crippen molar-refractivity contribution in [3.63, 3.8) is 0 Å². The molecular formula is C25H31N3O2S2. The average molecular weight is 470 g/mol. The van der Waals surface area contributed by atoms with Gasteiger partial charge in [0.05, 0.1) is 23.4 Å². The van der Waals surface area contributed by atoms with Crippen LogP contribution in [0.3, 0.4) is 0 Å². The van der Waals surface area contributed by atoms with Gasteiger partial charge in [-0.2, -0.15) is 0 Å². The number of carbonyl (C=O) groups excluding carboxylic acids is 1. The van der Waals surface area contributed by atoms with Gasteiger partial charge in [-0.1, -0.05) is 42.0 Å². The molecule has 1 aliphatic heterocycles. The zero-order valence-corrected chi connectivity index (χ0v) is 20.5. The molecule has 0 unspecified atom stereocenters. The number of ether oxygens (including phenoxy) is 1. The van der Waals surface area contributed by atoms with Crippen molar-refractivity contribution in [3.8, 4) is 0 Å². The van der Waals surface area contributed by atoms with Crippen LogP contribution in [0, 0.1) is 6.92 Å². The van der Waals surface area contributed by atoms with Gasteiger partial charge in [-0.3, -0.25) is 14.6 Å². The normalized spacial score (nSPS) is 14.7. The van der Waals surface area contributed by atoms with E-state index < -0.39 is 0 Å². The first-order valence-corrected chi connectivity index (χ1v) is 13.1. The molecule has 0 radical (unpaired) electrons. The highest BCUT2D eigenvalue weighted by Gasteiger charge is 2.21. The minimum Gasteiger partial charge on any atom is -0.379 e. The van der Waals surface area contributed by atoms with Crippen molar-refractivity contribution < 1.29 is 9.53 Å². The van der Waals surface area contributed by atoms with Gasteiger partial charge < -0.3 is 4.74 Å². The molecule has 0 N–H and O–H groups in total. The first kappa shape index (κ1) is 23.2. The predicted molar refractivity (Wildman–Crippen MR) is 135 cm³/mol. The molecule has 2 aromatic carbocycles. The summed E-state index contributed by atoms with van der Waals surface area (Å²) in [7, 11) is 0. The van der Waals surface area contributed by atoms with Gasteiger partial charge in [0.1, 0.15) is 0 Å². The maximum absolute atomic E-state index is 13.3. The average Bonchev–Trinajstić information content (AvgIpc) is 3.24. The third-order valence-electron chi connectivity index (χ3n) is 5.73. The van der Waals surface area contributed by atoms with Crippen LogP contribution in [0.2, 0.25) is 0 Å². The van der Waals surface area contributed by atoms with Gasteiger partial charge >= 0.3 is 0 Å². The van der Waals surface area contributed by atoms with E-state index in [0.29, 0.717) is 13.0 Å². The number of aryl methyl sites for hydroxylation is 2. The second-order valence-electron chi connectivity index (χ2n) is 8.06. The van der Waals surface area contributed by atoms with E-state index in [1.54, 1.807) is 23.1 Å². The van der Waals surface area contributed by atoms with E-state index >= 15 is 0 Å². The predicted octanol–water partition coefficient (Wildman–Crippen LogP) is 5.01. The van der Waals surface area contributed by atoms with Crippen molar-refractivity contribution in [3.05, 3.63) is 53.6 Å². The van der Waals surface area contributed by atoms with E-state index in [4.69, 9.17) is 9.72 Å². The van der Waals surface area contributed by atoms with Crippen LogP contribution in [0.15, 0.2) is 47.4 Å². The molecule has 0 saturated carbocycles. The maximum atomic E-state index is 13.3. The third kappa shape index (κ3) is 6.10. The number of thioether (sulfide) groups is 1. The maximum Gasteiger partial charge on any atom is 0.229 e. The van der Waals surface area contributed by atoms with Crippen LogP contribution in [0.4, 0.5) is 5.13 Å². The van der Waals surface area contributed by atoms with E-state index in [-0.39, 0.29) is 5.91 Å². The molecule has 1 fully saturated rings. The van der Waals surface area contributed by atoms with E-state index in [9.17, 15) is 4.79 Å². The Hall–Kier alpha value is -1.93. The van der Waals surface area contributed by atoms with Gasteiger partial charge in [0.2, 0.25) is 5.91 Å². The molecule has 1 aliphatic rings. The Morgan fingerprint density at radius 1 is 1.19 bits per heavy atom. The van der Waals surface area contributed by atoms with Crippen LogP contribution in [-0.2, 0) is 16.0 Å². The summed E-state index contributed by atoms with van der Waals surface area (Å²) in [6.07, 6.45) is 1.50. The minimum atomic E-state index is 0.146. The van der Waals surface area contributed by atoms with Crippen LogP contribution in [0.1, 0.15) is 24.5 Å². The fourth-order valence-corrected chi connectivity index (χ4v) is 5.62. The summed E-state index contributed by atoms with van der Waals surface area (Å²) in [5, 5.41) is 0.812. The number of morpholine rings is 1. The number of aromatic nitrogens is 1. The molecule has 4 rings (SSSR count). The lowest BCUT2D eigenvalue weighted by molar-refractivity contribution is -0.118. The zero-order chi connectivity index (χ0) is 22.3. The first-order valence-electron chi connectivity index (χ1n) is 11.3. The highest BCUT2D eigenvalue weighted by Crippen LogP contribution is 2.30.